The summed E-state index contributed by atoms with van der Waals surface area (Å²) in [6.07, 6.45) is 0. The Morgan fingerprint density at radius 2 is 1.68 bits per heavy atom. The fourth-order valence-electron chi connectivity index (χ4n) is 3.04. The van der Waals surface area contributed by atoms with Crippen molar-refractivity contribution >= 4 is 52.5 Å². The molecule has 0 radical (unpaired) electrons. The topological polar surface area (TPSA) is 69.0 Å². The second kappa shape index (κ2) is 11.6. The van der Waals surface area contributed by atoms with Crippen LogP contribution in [0.2, 0.25) is 15.1 Å². The van der Waals surface area contributed by atoms with E-state index in [0.29, 0.717) is 43.2 Å². The Hall–Kier alpha value is -2.71. The molecule has 174 valence electrons. The van der Waals surface area contributed by atoms with E-state index < -0.39 is 0 Å². The zero-order valence-corrected chi connectivity index (χ0v) is 20.8. The fourth-order valence-corrected chi connectivity index (χ4v) is 4.58. The number of thioether (sulfide) groups is 1. The highest BCUT2D eigenvalue weighted by atomic mass is 35.5. The van der Waals surface area contributed by atoms with Gasteiger partial charge in [0.2, 0.25) is 0 Å². The Bertz CT molecular complexity index is 1270. The lowest BCUT2D eigenvalue weighted by Crippen LogP contribution is -2.29. The summed E-state index contributed by atoms with van der Waals surface area (Å²) in [4.78, 5) is 12.4. The Labute approximate surface area is 216 Å². The van der Waals surface area contributed by atoms with Crippen LogP contribution in [0.25, 0.3) is 5.69 Å². The van der Waals surface area contributed by atoms with E-state index in [2.05, 4.69) is 15.5 Å². The summed E-state index contributed by atoms with van der Waals surface area (Å²) < 4.78 is 7.32. The molecule has 0 aliphatic carbocycles. The van der Waals surface area contributed by atoms with Gasteiger partial charge in [0.15, 0.2) is 17.6 Å². The van der Waals surface area contributed by atoms with E-state index in [1.165, 1.54) is 11.8 Å². The van der Waals surface area contributed by atoms with Crippen LogP contribution in [0.1, 0.15) is 11.4 Å². The van der Waals surface area contributed by atoms with Gasteiger partial charge in [0.05, 0.1) is 17.3 Å². The highest BCUT2D eigenvalue weighted by molar-refractivity contribution is 7.98. The molecule has 0 bridgehead atoms. The monoisotopic (exact) mass is 532 g/mol. The number of nitrogens with one attached hydrogen (secondary N) is 1. The number of benzene rings is 3. The van der Waals surface area contributed by atoms with Crippen molar-refractivity contribution in [1.29, 1.82) is 0 Å². The van der Waals surface area contributed by atoms with Gasteiger partial charge < -0.3 is 10.1 Å². The molecule has 0 atom stereocenters. The van der Waals surface area contributed by atoms with Gasteiger partial charge >= 0.3 is 0 Å². The third-order valence-electron chi connectivity index (χ3n) is 4.69. The molecule has 0 aliphatic rings. The van der Waals surface area contributed by atoms with E-state index in [-0.39, 0.29) is 19.1 Å². The molecule has 1 N–H and O–H groups in total. The SMILES string of the molecule is O=C(COc1ccc(Cl)cc1)NCc1nnc(SCc2ccccc2)n1-c1ccc(Cl)cc1Cl. The van der Waals surface area contributed by atoms with Gasteiger partial charge in [0, 0.05) is 15.8 Å². The first-order valence-corrected chi connectivity index (χ1v) is 12.3. The number of halogens is 3. The average molecular weight is 534 g/mol. The van der Waals surface area contributed by atoms with E-state index in [9.17, 15) is 4.79 Å². The van der Waals surface area contributed by atoms with Gasteiger partial charge in [-0.15, -0.1) is 10.2 Å². The third-order valence-corrected chi connectivity index (χ3v) is 6.48. The molecule has 0 saturated carbocycles. The van der Waals surface area contributed by atoms with Gasteiger partial charge in [-0.3, -0.25) is 9.36 Å². The molecule has 3 aromatic carbocycles. The summed E-state index contributed by atoms with van der Waals surface area (Å²) in [7, 11) is 0. The minimum atomic E-state index is -0.301. The van der Waals surface area contributed by atoms with Crippen molar-refractivity contribution in [2.75, 3.05) is 6.61 Å². The molecule has 1 amide bonds. The smallest absolute Gasteiger partial charge is 0.258 e. The number of ether oxygens (including phenoxy) is 1. The summed E-state index contributed by atoms with van der Waals surface area (Å²) in [5.74, 6) is 1.48. The van der Waals surface area contributed by atoms with Gasteiger partial charge in [-0.25, -0.2) is 0 Å². The number of rotatable bonds is 9. The molecule has 0 unspecified atom stereocenters. The number of carbonyl (C=O) groups is 1. The van der Waals surface area contributed by atoms with E-state index in [1.807, 2.05) is 34.9 Å². The van der Waals surface area contributed by atoms with Crippen LogP contribution in [0, 0.1) is 0 Å². The van der Waals surface area contributed by atoms with E-state index in [0.717, 1.165) is 5.56 Å². The van der Waals surface area contributed by atoms with Crippen LogP contribution in [0.4, 0.5) is 0 Å². The molecule has 34 heavy (non-hydrogen) atoms. The fraction of sp³-hybridized carbons (Fsp3) is 0.125. The molecule has 0 aliphatic heterocycles. The first-order chi connectivity index (χ1) is 16.5. The van der Waals surface area contributed by atoms with Crippen LogP contribution in [-0.2, 0) is 17.1 Å². The van der Waals surface area contributed by atoms with Crippen molar-refractivity contribution in [3.8, 4) is 11.4 Å². The van der Waals surface area contributed by atoms with Crippen molar-refractivity contribution in [2.45, 2.75) is 17.5 Å². The molecule has 6 nitrogen and oxygen atoms in total. The molecule has 1 aromatic heterocycles. The maximum Gasteiger partial charge on any atom is 0.258 e. The number of aromatic nitrogens is 3. The summed E-state index contributed by atoms with van der Waals surface area (Å²) >= 11 is 20.0. The van der Waals surface area contributed by atoms with Crippen molar-refractivity contribution in [1.82, 2.24) is 20.1 Å². The minimum absolute atomic E-state index is 0.140. The standard InChI is InChI=1S/C24H19Cl3N4O2S/c25-17-6-9-19(10-7-17)33-14-23(32)28-13-22-29-30-24(34-15-16-4-2-1-3-5-16)31(22)21-11-8-18(26)12-20(21)27/h1-12H,13-15H2,(H,28,32). The Morgan fingerprint density at radius 1 is 0.941 bits per heavy atom. The number of hydrogen-bond acceptors (Lipinski definition) is 5. The van der Waals surface area contributed by atoms with Crippen LogP contribution in [0.3, 0.4) is 0 Å². The molecule has 4 rings (SSSR count). The van der Waals surface area contributed by atoms with Gasteiger partial charge in [-0.05, 0) is 48.0 Å². The zero-order chi connectivity index (χ0) is 23.9. The van der Waals surface area contributed by atoms with Crippen molar-refractivity contribution < 1.29 is 9.53 Å². The predicted molar refractivity (Wildman–Crippen MR) is 136 cm³/mol. The summed E-state index contributed by atoms with van der Waals surface area (Å²) in [6, 6.07) is 22.0. The van der Waals surface area contributed by atoms with Gasteiger partial charge in [-0.1, -0.05) is 76.9 Å². The first-order valence-electron chi connectivity index (χ1n) is 10.2. The predicted octanol–water partition coefficient (Wildman–Crippen LogP) is 6.22. The zero-order valence-electron chi connectivity index (χ0n) is 17.7. The highest BCUT2D eigenvalue weighted by Gasteiger charge is 2.18. The van der Waals surface area contributed by atoms with Crippen molar-refractivity contribution in [3.63, 3.8) is 0 Å². The van der Waals surface area contributed by atoms with Crippen LogP contribution in [0.5, 0.6) is 5.75 Å². The minimum Gasteiger partial charge on any atom is -0.484 e. The molecule has 0 saturated heterocycles. The number of amides is 1. The number of carbonyl (C=O) groups excluding carboxylic acids is 1. The van der Waals surface area contributed by atoms with Gasteiger partial charge in [0.25, 0.3) is 5.91 Å². The molecule has 0 fully saturated rings. The highest BCUT2D eigenvalue weighted by Crippen LogP contribution is 2.30. The summed E-state index contributed by atoms with van der Waals surface area (Å²) in [6.45, 7) is -0.00620. The average Bonchev–Trinajstić information content (AvgIpc) is 3.24. The Morgan fingerprint density at radius 3 is 2.41 bits per heavy atom. The van der Waals surface area contributed by atoms with Crippen LogP contribution >= 0.6 is 46.6 Å². The largest absolute Gasteiger partial charge is 0.484 e. The van der Waals surface area contributed by atoms with Crippen LogP contribution in [0.15, 0.2) is 78.0 Å². The Kier molecular flexibility index (Phi) is 8.34. The maximum absolute atomic E-state index is 12.4. The van der Waals surface area contributed by atoms with Crippen molar-refractivity contribution in [3.05, 3.63) is 99.3 Å². The van der Waals surface area contributed by atoms with Crippen LogP contribution < -0.4 is 10.1 Å². The van der Waals surface area contributed by atoms with Crippen molar-refractivity contribution in [2.24, 2.45) is 0 Å². The molecular formula is C24H19Cl3N4O2S. The molecular weight excluding hydrogens is 515 g/mol. The Balaban J connectivity index is 1.48. The summed E-state index contributed by atoms with van der Waals surface area (Å²) in [5.41, 5.74) is 1.83. The summed E-state index contributed by atoms with van der Waals surface area (Å²) in [5, 5.41) is 13.7. The van der Waals surface area contributed by atoms with E-state index in [4.69, 9.17) is 39.5 Å². The molecule has 4 aromatic rings. The van der Waals surface area contributed by atoms with Gasteiger partial charge in [0.1, 0.15) is 5.75 Å². The quantitative estimate of drug-likeness (QED) is 0.259. The van der Waals surface area contributed by atoms with Gasteiger partial charge in [-0.2, -0.15) is 0 Å². The normalized spacial score (nSPS) is 10.8. The first kappa shape index (κ1) is 24.4. The maximum atomic E-state index is 12.4. The second-order valence-electron chi connectivity index (χ2n) is 7.12. The number of nitrogens with zero attached hydrogens (tertiary/aromatic N) is 3. The third kappa shape index (κ3) is 6.45. The molecule has 10 heteroatoms. The lowest BCUT2D eigenvalue weighted by atomic mass is 10.2. The van der Waals surface area contributed by atoms with E-state index in [1.54, 1.807) is 42.5 Å². The number of hydrogen-bond donors (Lipinski definition) is 1. The van der Waals surface area contributed by atoms with Crippen LogP contribution in [-0.4, -0.2) is 27.3 Å². The molecule has 0 spiro atoms. The lowest BCUT2D eigenvalue weighted by Gasteiger charge is -2.13. The van der Waals surface area contributed by atoms with E-state index >= 15 is 0 Å². The molecule has 1 heterocycles. The lowest BCUT2D eigenvalue weighted by molar-refractivity contribution is -0.123. The second-order valence-corrected chi connectivity index (χ2v) is 9.35.